The zero-order chi connectivity index (χ0) is 15.2. The van der Waals surface area contributed by atoms with Crippen molar-refractivity contribution >= 4 is 5.97 Å². The number of ether oxygens (including phenoxy) is 2. The lowest BCUT2D eigenvalue weighted by molar-refractivity contribution is -0.148. The maximum atomic E-state index is 12.2. The minimum Gasteiger partial charge on any atom is -0.468 e. The molecular formula is C16H20N2O3. The van der Waals surface area contributed by atoms with Crippen molar-refractivity contribution in [3.63, 3.8) is 0 Å². The highest BCUT2D eigenvalue weighted by Crippen LogP contribution is 2.27. The minimum atomic E-state index is -0.457. The summed E-state index contributed by atoms with van der Waals surface area (Å²) in [5.74, 6) is -0.291. The number of carbonyl (C=O) groups is 1. The van der Waals surface area contributed by atoms with E-state index in [4.69, 9.17) is 14.7 Å². The van der Waals surface area contributed by atoms with E-state index >= 15 is 0 Å². The molecule has 1 heterocycles. The summed E-state index contributed by atoms with van der Waals surface area (Å²) in [6, 6.07) is 8.80. The molecule has 1 aromatic rings. The first kappa shape index (κ1) is 15.5. The lowest BCUT2D eigenvalue weighted by Gasteiger charge is -2.35. The Bertz CT molecular complexity index is 531. The first-order valence-corrected chi connectivity index (χ1v) is 7.04. The summed E-state index contributed by atoms with van der Waals surface area (Å²) < 4.78 is 10.3. The highest BCUT2D eigenvalue weighted by Gasteiger charge is 2.31. The van der Waals surface area contributed by atoms with Crippen molar-refractivity contribution in [2.45, 2.75) is 25.0 Å². The molecule has 0 amide bonds. The number of likely N-dealkylation sites (tertiary alicyclic amines) is 1. The van der Waals surface area contributed by atoms with Crippen LogP contribution in [0.25, 0.3) is 0 Å². The zero-order valence-electron chi connectivity index (χ0n) is 12.4. The number of esters is 1. The van der Waals surface area contributed by atoms with Crippen LogP contribution < -0.4 is 0 Å². The van der Waals surface area contributed by atoms with E-state index in [0.717, 1.165) is 31.5 Å². The van der Waals surface area contributed by atoms with Gasteiger partial charge in [0.25, 0.3) is 0 Å². The van der Waals surface area contributed by atoms with E-state index in [1.54, 1.807) is 25.3 Å². The first-order valence-electron chi connectivity index (χ1n) is 7.04. The van der Waals surface area contributed by atoms with Gasteiger partial charge in [0.05, 0.1) is 24.8 Å². The number of methoxy groups -OCH3 is 2. The third-order valence-corrected chi connectivity index (χ3v) is 3.93. The predicted molar refractivity (Wildman–Crippen MR) is 77.5 cm³/mol. The number of nitrogens with zero attached hydrogens (tertiary/aromatic N) is 2. The van der Waals surface area contributed by atoms with Gasteiger partial charge in [0.1, 0.15) is 6.04 Å². The normalized spacial score (nSPS) is 18.0. The molecule has 5 heteroatoms. The smallest absolute Gasteiger partial charge is 0.327 e. The number of nitriles is 1. The molecule has 0 N–H and O–H groups in total. The molecule has 2 rings (SSSR count). The molecule has 0 spiro atoms. The second-order valence-electron chi connectivity index (χ2n) is 5.13. The lowest BCUT2D eigenvalue weighted by atomic mass is 9.99. The molecule has 0 unspecified atom stereocenters. The second kappa shape index (κ2) is 7.21. The van der Waals surface area contributed by atoms with Gasteiger partial charge in [-0.25, -0.2) is 4.79 Å². The van der Waals surface area contributed by atoms with E-state index in [2.05, 4.69) is 11.0 Å². The molecule has 1 aliphatic rings. The molecule has 0 saturated carbocycles. The molecule has 1 aromatic carbocycles. The Kier molecular flexibility index (Phi) is 5.32. The Morgan fingerprint density at radius 3 is 2.67 bits per heavy atom. The van der Waals surface area contributed by atoms with Gasteiger partial charge in [-0.1, -0.05) is 12.1 Å². The molecule has 1 aliphatic heterocycles. The molecular weight excluding hydrogens is 268 g/mol. The second-order valence-corrected chi connectivity index (χ2v) is 5.13. The zero-order valence-corrected chi connectivity index (χ0v) is 12.4. The third-order valence-electron chi connectivity index (χ3n) is 3.93. The van der Waals surface area contributed by atoms with Crippen LogP contribution in [0.5, 0.6) is 0 Å². The summed E-state index contributed by atoms with van der Waals surface area (Å²) in [6.07, 6.45) is 2.04. The Balaban J connectivity index is 2.23. The van der Waals surface area contributed by atoms with Crippen molar-refractivity contribution in [3.8, 4) is 6.07 Å². The van der Waals surface area contributed by atoms with E-state index in [1.165, 1.54) is 7.11 Å². The van der Waals surface area contributed by atoms with Gasteiger partial charge >= 0.3 is 5.97 Å². The van der Waals surface area contributed by atoms with E-state index in [1.807, 2.05) is 6.07 Å². The molecule has 21 heavy (non-hydrogen) atoms. The molecule has 0 aromatic heterocycles. The van der Waals surface area contributed by atoms with Gasteiger partial charge in [-0.2, -0.15) is 5.26 Å². The van der Waals surface area contributed by atoms with Gasteiger partial charge in [-0.15, -0.1) is 0 Å². The highest BCUT2D eigenvalue weighted by molar-refractivity contribution is 5.77. The van der Waals surface area contributed by atoms with Crippen LogP contribution in [0, 0.1) is 11.3 Å². The molecule has 0 bridgehead atoms. The maximum absolute atomic E-state index is 12.2. The number of rotatable bonds is 4. The van der Waals surface area contributed by atoms with Gasteiger partial charge in [-0.3, -0.25) is 4.90 Å². The maximum Gasteiger partial charge on any atom is 0.327 e. The molecule has 5 nitrogen and oxygen atoms in total. The summed E-state index contributed by atoms with van der Waals surface area (Å²) in [5, 5.41) is 9.02. The molecule has 112 valence electrons. The Hall–Kier alpha value is -1.90. The molecule has 0 radical (unpaired) electrons. The monoisotopic (exact) mass is 288 g/mol. The number of hydrogen-bond donors (Lipinski definition) is 0. The number of hydrogen-bond acceptors (Lipinski definition) is 5. The summed E-state index contributed by atoms with van der Waals surface area (Å²) in [5.41, 5.74) is 1.35. The summed E-state index contributed by atoms with van der Waals surface area (Å²) in [7, 11) is 3.11. The molecule has 1 atom stereocenters. The number of benzene rings is 1. The SMILES string of the molecule is COC(=O)[C@@H](c1cccc(C#N)c1)N1CCC(OC)CC1. The summed E-state index contributed by atoms with van der Waals surface area (Å²) >= 11 is 0. The van der Waals surface area contributed by atoms with E-state index in [9.17, 15) is 4.79 Å². The molecule has 0 aliphatic carbocycles. The quantitative estimate of drug-likeness (QED) is 0.792. The molecule has 1 fully saturated rings. The van der Waals surface area contributed by atoms with Crippen LogP contribution in [0.4, 0.5) is 0 Å². The van der Waals surface area contributed by atoms with Gasteiger partial charge in [0, 0.05) is 20.2 Å². The summed E-state index contributed by atoms with van der Waals surface area (Å²) in [6.45, 7) is 1.55. The highest BCUT2D eigenvalue weighted by atomic mass is 16.5. The van der Waals surface area contributed by atoms with Crippen molar-refractivity contribution in [1.82, 2.24) is 4.90 Å². The largest absolute Gasteiger partial charge is 0.468 e. The van der Waals surface area contributed by atoms with E-state index in [-0.39, 0.29) is 12.1 Å². The van der Waals surface area contributed by atoms with Crippen LogP contribution in [0.1, 0.15) is 30.0 Å². The Morgan fingerprint density at radius 1 is 1.38 bits per heavy atom. The predicted octanol–water partition coefficient (Wildman–Crippen LogP) is 1.88. The van der Waals surface area contributed by atoms with Crippen molar-refractivity contribution in [2.75, 3.05) is 27.3 Å². The van der Waals surface area contributed by atoms with E-state index in [0.29, 0.717) is 5.56 Å². The van der Waals surface area contributed by atoms with Crippen LogP contribution in [0.3, 0.4) is 0 Å². The van der Waals surface area contributed by atoms with Gasteiger partial charge in [-0.05, 0) is 30.5 Å². The first-order chi connectivity index (χ1) is 10.2. The lowest BCUT2D eigenvalue weighted by Crippen LogP contribution is -2.42. The Morgan fingerprint density at radius 2 is 2.10 bits per heavy atom. The Labute approximate surface area is 125 Å². The van der Waals surface area contributed by atoms with Crippen molar-refractivity contribution in [3.05, 3.63) is 35.4 Å². The summed E-state index contributed by atoms with van der Waals surface area (Å²) in [4.78, 5) is 14.3. The fraction of sp³-hybridized carbons (Fsp3) is 0.500. The number of piperidine rings is 1. The van der Waals surface area contributed by atoms with Crippen molar-refractivity contribution in [2.24, 2.45) is 0 Å². The van der Waals surface area contributed by atoms with Crippen molar-refractivity contribution < 1.29 is 14.3 Å². The van der Waals surface area contributed by atoms with Crippen LogP contribution >= 0.6 is 0 Å². The van der Waals surface area contributed by atoms with Gasteiger partial charge < -0.3 is 9.47 Å². The van der Waals surface area contributed by atoms with Crippen molar-refractivity contribution in [1.29, 1.82) is 5.26 Å². The minimum absolute atomic E-state index is 0.255. The van der Waals surface area contributed by atoms with Crippen LogP contribution in [-0.2, 0) is 14.3 Å². The standard InChI is InChI=1S/C16H20N2O3/c1-20-14-6-8-18(9-7-14)15(16(19)21-2)13-5-3-4-12(10-13)11-17/h3-5,10,14-15H,6-9H2,1-2H3/t15-/m1/s1. The third kappa shape index (κ3) is 3.60. The average molecular weight is 288 g/mol. The van der Waals surface area contributed by atoms with Crippen LogP contribution in [0.15, 0.2) is 24.3 Å². The average Bonchev–Trinajstić information content (AvgIpc) is 2.55. The van der Waals surface area contributed by atoms with Crippen LogP contribution in [0.2, 0.25) is 0 Å². The van der Waals surface area contributed by atoms with Gasteiger partial charge in [0.2, 0.25) is 0 Å². The van der Waals surface area contributed by atoms with Gasteiger partial charge in [0.15, 0.2) is 0 Å². The van der Waals surface area contributed by atoms with Crippen LogP contribution in [-0.4, -0.2) is 44.3 Å². The molecule has 1 saturated heterocycles. The fourth-order valence-corrected chi connectivity index (χ4v) is 2.76. The number of carbonyl (C=O) groups excluding carboxylic acids is 1. The van der Waals surface area contributed by atoms with E-state index < -0.39 is 6.04 Å². The topological polar surface area (TPSA) is 62.6 Å². The fourth-order valence-electron chi connectivity index (χ4n) is 2.76.